The van der Waals surface area contributed by atoms with E-state index in [-0.39, 0.29) is 5.02 Å². The highest BCUT2D eigenvalue weighted by Gasteiger charge is 2.42. The first-order valence-corrected chi connectivity index (χ1v) is 8.61. The van der Waals surface area contributed by atoms with Gasteiger partial charge in [0, 0.05) is 16.6 Å². The van der Waals surface area contributed by atoms with Gasteiger partial charge in [0.2, 0.25) is 0 Å². The zero-order chi connectivity index (χ0) is 15.6. The summed E-state index contributed by atoms with van der Waals surface area (Å²) in [6.45, 7) is 4.73. The fourth-order valence-corrected chi connectivity index (χ4v) is 3.88. The molecule has 1 aliphatic carbocycles. The molecule has 0 aromatic heterocycles. The molecule has 3 atom stereocenters. The van der Waals surface area contributed by atoms with E-state index in [2.05, 4.69) is 22.9 Å². The van der Waals surface area contributed by atoms with Crippen LogP contribution in [0.1, 0.15) is 51.1 Å². The molecule has 0 aliphatic heterocycles. The molecular formula is C16H22BrClFNO. The van der Waals surface area contributed by atoms with Gasteiger partial charge in [-0.3, -0.25) is 0 Å². The monoisotopic (exact) mass is 377 g/mol. The number of nitrogens with two attached hydrogens (primary N) is 1. The molecule has 2 nitrogen and oxygen atoms in total. The molecular weight excluding hydrogens is 357 g/mol. The summed E-state index contributed by atoms with van der Waals surface area (Å²) in [5.41, 5.74) is 6.37. The average Bonchev–Trinajstić information content (AvgIpc) is 2.45. The Morgan fingerprint density at radius 3 is 2.90 bits per heavy atom. The second-order valence-electron chi connectivity index (χ2n) is 5.94. The van der Waals surface area contributed by atoms with Gasteiger partial charge in [0.25, 0.3) is 0 Å². The number of ether oxygens (including phenoxy) is 1. The van der Waals surface area contributed by atoms with E-state index < -0.39 is 17.5 Å². The lowest BCUT2D eigenvalue weighted by Gasteiger charge is -2.44. The summed E-state index contributed by atoms with van der Waals surface area (Å²) in [4.78, 5) is 0. The van der Waals surface area contributed by atoms with E-state index in [1.807, 2.05) is 6.92 Å². The highest BCUT2D eigenvalue weighted by molar-refractivity contribution is 9.10. The van der Waals surface area contributed by atoms with Crippen LogP contribution in [-0.4, -0.2) is 12.2 Å². The average molecular weight is 379 g/mol. The van der Waals surface area contributed by atoms with E-state index in [4.69, 9.17) is 22.1 Å². The lowest BCUT2D eigenvalue weighted by atomic mass is 9.73. The van der Waals surface area contributed by atoms with E-state index in [1.54, 1.807) is 12.1 Å². The Bertz CT molecular complexity index is 509. The molecule has 3 unspecified atom stereocenters. The summed E-state index contributed by atoms with van der Waals surface area (Å²) in [7, 11) is 0. The molecule has 118 valence electrons. The lowest BCUT2D eigenvalue weighted by Crippen LogP contribution is -2.47. The summed E-state index contributed by atoms with van der Waals surface area (Å²) < 4.78 is 21.1. The van der Waals surface area contributed by atoms with Crippen LogP contribution in [-0.2, 0) is 4.74 Å². The maximum atomic E-state index is 14.5. The molecule has 0 spiro atoms. The van der Waals surface area contributed by atoms with Crippen LogP contribution < -0.4 is 5.73 Å². The first kappa shape index (κ1) is 17.2. The highest BCUT2D eigenvalue weighted by atomic mass is 79.9. The number of rotatable bonds is 4. The third-order valence-electron chi connectivity index (χ3n) is 4.39. The van der Waals surface area contributed by atoms with Gasteiger partial charge in [-0.15, -0.1) is 0 Å². The molecule has 5 heteroatoms. The molecule has 0 heterocycles. The van der Waals surface area contributed by atoms with Gasteiger partial charge in [0.1, 0.15) is 5.82 Å². The topological polar surface area (TPSA) is 35.2 Å². The molecule has 1 aliphatic rings. The standard InChI is InChI=1S/C16H22BrClFNO/c1-3-21-16(8-4-5-10(2)9-16)15(20)11-6-7-12(17)13(18)14(11)19/h6-7,10,15H,3-5,8-9,20H2,1-2H3. The van der Waals surface area contributed by atoms with E-state index >= 15 is 0 Å². The van der Waals surface area contributed by atoms with Crippen LogP contribution in [0, 0.1) is 11.7 Å². The summed E-state index contributed by atoms with van der Waals surface area (Å²) >= 11 is 9.23. The molecule has 0 bridgehead atoms. The first-order chi connectivity index (χ1) is 9.91. The quantitative estimate of drug-likeness (QED) is 0.728. The smallest absolute Gasteiger partial charge is 0.147 e. The number of hydrogen-bond donors (Lipinski definition) is 1. The predicted octanol–water partition coefficient (Wildman–Crippen LogP) is 5.23. The summed E-state index contributed by atoms with van der Waals surface area (Å²) in [6, 6.07) is 2.94. The molecule has 0 amide bonds. The summed E-state index contributed by atoms with van der Waals surface area (Å²) in [5, 5.41) is 0.0819. The SMILES string of the molecule is CCOC1(C(N)c2ccc(Br)c(Cl)c2F)CCCC(C)C1. The molecule has 1 aromatic rings. The van der Waals surface area contributed by atoms with Crippen molar-refractivity contribution >= 4 is 27.5 Å². The van der Waals surface area contributed by atoms with Crippen molar-refractivity contribution in [3.63, 3.8) is 0 Å². The maximum absolute atomic E-state index is 14.5. The van der Waals surface area contributed by atoms with Crippen molar-refractivity contribution in [1.29, 1.82) is 0 Å². The Labute approximate surface area is 139 Å². The van der Waals surface area contributed by atoms with E-state index in [1.165, 1.54) is 6.42 Å². The maximum Gasteiger partial charge on any atom is 0.147 e. The third kappa shape index (κ3) is 3.44. The second-order valence-corrected chi connectivity index (χ2v) is 7.17. The van der Waals surface area contributed by atoms with Crippen LogP contribution in [0.2, 0.25) is 5.02 Å². The van der Waals surface area contributed by atoms with E-state index in [9.17, 15) is 4.39 Å². The predicted molar refractivity (Wildman–Crippen MR) is 88.0 cm³/mol. The minimum atomic E-state index is -0.509. The van der Waals surface area contributed by atoms with Gasteiger partial charge in [-0.05, 0) is 47.7 Å². The van der Waals surface area contributed by atoms with Gasteiger partial charge >= 0.3 is 0 Å². The molecule has 0 saturated heterocycles. The van der Waals surface area contributed by atoms with Crippen LogP contribution in [0.4, 0.5) is 4.39 Å². The zero-order valence-electron chi connectivity index (χ0n) is 12.5. The van der Waals surface area contributed by atoms with Gasteiger partial charge in [-0.25, -0.2) is 4.39 Å². The van der Waals surface area contributed by atoms with Crippen molar-refractivity contribution in [2.24, 2.45) is 11.7 Å². The largest absolute Gasteiger partial charge is 0.373 e. The van der Waals surface area contributed by atoms with Crippen LogP contribution in [0.25, 0.3) is 0 Å². The Hall–Kier alpha value is -0.160. The molecule has 2 N–H and O–H groups in total. The van der Waals surface area contributed by atoms with Crippen LogP contribution in [0.15, 0.2) is 16.6 Å². The van der Waals surface area contributed by atoms with Gasteiger partial charge in [0.15, 0.2) is 0 Å². The number of halogens is 3. The molecule has 1 aromatic carbocycles. The summed E-state index contributed by atoms with van der Waals surface area (Å²) in [5.74, 6) is 0.0844. The minimum absolute atomic E-state index is 0.0819. The number of benzene rings is 1. The minimum Gasteiger partial charge on any atom is -0.373 e. The van der Waals surface area contributed by atoms with Crippen LogP contribution in [0.5, 0.6) is 0 Å². The van der Waals surface area contributed by atoms with Gasteiger partial charge < -0.3 is 10.5 Å². The third-order valence-corrected chi connectivity index (χ3v) is 5.65. The Morgan fingerprint density at radius 1 is 1.57 bits per heavy atom. The van der Waals surface area contributed by atoms with Gasteiger partial charge in [0.05, 0.1) is 16.7 Å². The second kappa shape index (κ2) is 6.95. The molecule has 21 heavy (non-hydrogen) atoms. The van der Waals surface area contributed by atoms with Crippen molar-refractivity contribution in [3.05, 3.63) is 33.0 Å². The van der Waals surface area contributed by atoms with Gasteiger partial charge in [-0.1, -0.05) is 37.4 Å². The highest BCUT2D eigenvalue weighted by Crippen LogP contribution is 2.44. The fourth-order valence-electron chi connectivity index (χ4n) is 3.40. The van der Waals surface area contributed by atoms with Crippen molar-refractivity contribution in [1.82, 2.24) is 0 Å². The Balaban J connectivity index is 2.39. The van der Waals surface area contributed by atoms with Crippen molar-refractivity contribution < 1.29 is 9.13 Å². The lowest BCUT2D eigenvalue weighted by molar-refractivity contribution is -0.0944. The van der Waals surface area contributed by atoms with E-state index in [0.717, 1.165) is 19.3 Å². The fraction of sp³-hybridized carbons (Fsp3) is 0.625. The zero-order valence-corrected chi connectivity index (χ0v) is 14.8. The van der Waals surface area contributed by atoms with Crippen molar-refractivity contribution in [2.75, 3.05) is 6.61 Å². The van der Waals surface area contributed by atoms with Crippen LogP contribution >= 0.6 is 27.5 Å². The Kier molecular flexibility index (Phi) is 5.69. The van der Waals surface area contributed by atoms with Crippen molar-refractivity contribution in [3.8, 4) is 0 Å². The van der Waals surface area contributed by atoms with E-state index in [0.29, 0.717) is 22.6 Å². The molecule has 1 saturated carbocycles. The summed E-state index contributed by atoms with van der Waals surface area (Å²) in [6.07, 6.45) is 3.94. The van der Waals surface area contributed by atoms with Crippen molar-refractivity contribution in [2.45, 2.75) is 51.2 Å². The van der Waals surface area contributed by atoms with Crippen LogP contribution in [0.3, 0.4) is 0 Å². The molecule has 1 fully saturated rings. The first-order valence-electron chi connectivity index (χ1n) is 7.44. The Morgan fingerprint density at radius 2 is 2.29 bits per heavy atom. The van der Waals surface area contributed by atoms with Gasteiger partial charge in [-0.2, -0.15) is 0 Å². The molecule has 2 rings (SSSR count). The molecule has 0 radical (unpaired) electrons. The normalized spacial score (nSPS) is 27.6. The number of hydrogen-bond acceptors (Lipinski definition) is 2.